The normalized spacial score (nSPS) is 11.2. The molecule has 0 saturated carbocycles. The van der Waals surface area contributed by atoms with E-state index < -0.39 is 16.0 Å². The fraction of sp³-hybridized carbons (Fsp3) is 0.235. The van der Waals surface area contributed by atoms with Gasteiger partial charge in [-0.1, -0.05) is 29.8 Å². The van der Waals surface area contributed by atoms with E-state index >= 15 is 0 Å². The maximum absolute atomic E-state index is 12.6. The Morgan fingerprint density at radius 3 is 2.60 bits per heavy atom. The molecule has 0 aliphatic rings. The number of carbonyl (C=O) groups is 1. The van der Waals surface area contributed by atoms with Crippen molar-refractivity contribution in [2.45, 2.75) is 18.4 Å². The molecule has 6 nitrogen and oxygen atoms in total. The van der Waals surface area contributed by atoms with Crippen molar-refractivity contribution in [3.8, 4) is 5.75 Å². The molecule has 0 bridgehead atoms. The lowest BCUT2D eigenvalue weighted by Gasteiger charge is -2.12. The molecule has 0 radical (unpaired) electrons. The van der Waals surface area contributed by atoms with Gasteiger partial charge in [0, 0.05) is 12.1 Å². The molecule has 0 saturated heterocycles. The van der Waals surface area contributed by atoms with Gasteiger partial charge in [0.15, 0.2) is 0 Å². The second-order valence-electron chi connectivity index (χ2n) is 5.00. The van der Waals surface area contributed by atoms with Gasteiger partial charge < -0.3 is 9.47 Å². The maximum atomic E-state index is 12.6. The van der Waals surface area contributed by atoms with Gasteiger partial charge >= 0.3 is 5.97 Å². The number of hydrogen-bond donors (Lipinski definition) is 1. The Balaban J connectivity index is 2.27. The number of sulfonamides is 1. The third-order valence-corrected chi connectivity index (χ3v) is 5.25. The van der Waals surface area contributed by atoms with Gasteiger partial charge in [-0.15, -0.1) is 0 Å². The minimum absolute atomic E-state index is 0.0123. The lowest BCUT2D eigenvalue weighted by Crippen LogP contribution is -2.24. The van der Waals surface area contributed by atoms with E-state index in [0.717, 1.165) is 0 Å². The van der Waals surface area contributed by atoms with Crippen LogP contribution in [0.3, 0.4) is 0 Å². The first-order chi connectivity index (χ1) is 11.9. The van der Waals surface area contributed by atoms with E-state index in [9.17, 15) is 13.2 Å². The van der Waals surface area contributed by atoms with Crippen molar-refractivity contribution in [3.63, 3.8) is 0 Å². The number of carbonyl (C=O) groups excluding carboxylic acids is 1. The molecule has 0 aromatic heterocycles. The van der Waals surface area contributed by atoms with E-state index in [2.05, 4.69) is 9.46 Å². The lowest BCUT2D eigenvalue weighted by molar-refractivity contribution is 0.0600. The fourth-order valence-corrected chi connectivity index (χ4v) is 3.68. The van der Waals surface area contributed by atoms with Gasteiger partial charge in [0.05, 0.1) is 24.3 Å². The van der Waals surface area contributed by atoms with Crippen LogP contribution in [0.15, 0.2) is 47.4 Å². The monoisotopic (exact) mass is 383 g/mol. The van der Waals surface area contributed by atoms with Crippen LogP contribution in [-0.4, -0.2) is 28.1 Å². The molecule has 0 amide bonds. The van der Waals surface area contributed by atoms with Crippen LogP contribution in [0, 0.1) is 0 Å². The lowest BCUT2D eigenvalue weighted by atomic mass is 10.2. The van der Waals surface area contributed by atoms with Crippen LogP contribution < -0.4 is 9.46 Å². The highest BCUT2D eigenvalue weighted by Gasteiger charge is 2.21. The SMILES string of the molecule is CCOc1ccccc1CNS(=O)(=O)c1cc(C(=O)OC)ccc1Cl. The van der Waals surface area contributed by atoms with Crippen LogP contribution in [0.2, 0.25) is 5.02 Å². The number of hydrogen-bond acceptors (Lipinski definition) is 5. The van der Waals surface area contributed by atoms with E-state index in [1.807, 2.05) is 6.92 Å². The van der Waals surface area contributed by atoms with Gasteiger partial charge in [0.1, 0.15) is 10.6 Å². The van der Waals surface area contributed by atoms with Crippen molar-refractivity contribution in [2.24, 2.45) is 0 Å². The highest BCUT2D eigenvalue weighted by Crippen LogP contribution is 2.24. The molecule has 0 atom stereocenters. The Bertz CT molecular complexity index is 867. The highest BCUT2D eigenvalue weighted by molar-refractivity contribution is 7.89. The summed E-state index contributed by atoms with van der Waals surface area (Å²) in [6.07, 6.45) is 0. The highest BCUT2D eigenvalue weighted by atomic mass is 35.5. The molecular weight excluding hydrogens is 366 g/mol. The number of methoxy groups -OCH3 is 1. The number of esters is 1. The largest absolute Gasteiger partial charge is 0.494 e. The van der Waals surface area contributed by atoms with Crippen LogP contribution in [0.4, 0.5) is 0 Å². The second-order valence-corrected chi connectivity index (χ2v) is 7.14. The first kappa shape index (κ1) is 19.2. The molecule has 0 spiro atoms. The van der Waals surface area contributed by atoms with Crippen LogP contribution in [0.25, 0.3) is 0 Å². The van der Waals surface area contributed by atoms with Crippen LogP contribution in [0.5, 0.6) is 5.75 Å². The Morgan fingerprint density at radius 2 is 1.92 bits per heavy atom. The third kappa shape index (κ3) is 4.72. The number of para-hydroxylation sites is 1. The van der Waals surface area contributed by atoms with Gasteiger partial charge in [0.25, 0.3) is 0 Å². The third-order valence-electron chi connectivity index (χ3n) is 3.37. The van der Waals surface area contributed by atoms with Crippen LogP contribution >= 0.6 is 11.6 Å². The van der Waals surface area contributed by atoms with Crippen molar-refractivity contribution in [1.82, 2.24) is 4.72 Å². The van der Waals surface area contributed by atoms with E-state index in [1.54, 1.807) is 24.3 Å². The second kappa shape index (κ2) is 8.33. The Morgan fingerprint density at radius 1 is 1.20 bits per heavy atom. The molecule has 0 heterocycles. The molecule has 1 N–H and O–H groups in total. The summed E-state index contributed by atoms with van der Waals surface area (Å²) in [5, 5.41) is 0.0123. The molecule has 2 rings (SSSR count). The Labute approximate surface area is 151 Å². The predicted octanol–water partition coefficient (Wildman–Crippen LogP) is 3.00. The average molecular weight is 384 g/mol. The van der Waals surface area contributed by atoms with Gasteiger partial charge in [-0.05, 0) is 31.2 Å². The molecule has 8 heteroatoms. The summed E-state index contributed by atoms with van der Waals surface area (Å²) in [4.78, 5) is 11.4. The van der Waals surface area contributed by atoms with Gasteiger partial charge in [0.2, 0.25) is 10.0 Å². The van der Waals surface area contributed by atoms with E-state index in [4.69, 9.17) is 16.3 Å². The quantitative estimate of drug-likeness (QED) is 0.743. The number of halogens is 1. The summed E-state index contributed by atoms with van der Waals surface area (Å²) in [5.74, 6) is -0.0445. The minimum atomic E-state index is -3.93. The molecule has 25 heavy (non-hydrogen) atoms. The Hall–Kier alpha value is -2.09. The molecular formula is C17H18ClNO5S. The molecule has 0 unspecified atom stereocenters. The molecule has 0 fully saturated rings. The molecule has 0 aliphatic heterocycles. The summed E-state index contributed by atoms with van der Waals surface area (Å²) in [6, 6.07) is 11.0. The van der Waals surface area contributed by atoms with E-state index in [-0.39, 0.29) is 22.0 Å². The van der Waals surface area contributed by atoms with Gasteiger partial charge in [-0.25, -0.2) is 17.9 Å². The van der Waals surface area contributed by atoms with E-state index in [0.29, 0.717) is 17.9 Å². The first-order valence-corrected chi connectivity index (χ1v) is 9.33. The number of rotatable bonds is 7. The zero-order valence-electron chi connectivity index (χ0n) is 13.8. The molecule has 0 aliphatic carbocycles. The molecule has 2 aromatic carbocycles. The number of ether oxygens (including phenoxy) is 2. The summed E-state index contributed by atoms with van der Waals surface area (Å²) in [5.41, 5.74) is 0.787. The smallest absolute Gasteiger partial charge is 0.337 e. The number of nitrogens with one attached hydrogen (secondary N) is 1. The van der Waals surface area contributed by atoms with Crippen molar-refractivity contribution >= 4 is 27.6 Å². The molecule has 2 aromatic rings. The van der Waals surface area contributed by atoms with Crippen LogP contribution in [-0.2, 0) is 21.3 Å². The summed E-state index contributed by atoms with van der Waals surface area (Å²) in [7, 11) is -2.71. The summed E-state index contributed by atoms with van der Waals surface area (Å²) < 4.78 is 37.7. The zero-order chi connectivity index (χ0) is 18.4. The fourth-order valence-electron chi connectivity index (χ4n) is 2.15. The topological polar surface area (TPSA) is 81.7 Å². The van der Waals surface area contributed by atoms with Gasteiger partial charge in [-0.3, -0.25) is 0 Å². The van der Waals surface area contributed by atoms with Crippen molar-refractivity contribution < 1.29 is 22.7 Å². The minimum Gasteiger partial charge on any atom is -0.494 e. The summed E-state index contributed by atoms with van der Waals surface area (Å²) in [6.45, 7) is 2.34. The maximum Gasteiger partial charge on any atom is 0.337 e. The number of benzene rings is 2. The zero-order valence-corrected chi connectivity index (χ0v) is 15.4. The predicted molar refractivity (Wildman–Crippen MR) is 94.4 cm³/mol. The first-order valence-electron chi connectivity index (χ1n) is 7.47. The van der Waals surface area contributed by atoms with E-state index in [1.165, 1.54) is 25.3 Å². The molecule has 134 valence electrons. The summed E-state index contributed by atoms with van der Waals surface area (Å²) >= 11 is 6.00. The van der Waals surface area contributed by atoms with Crippen LogP contribution in [0.1, 0.15) is 22.8 Å². The van der Waals surface area contributed by atoms with Crippen molar-refractivity contribution in [1.29, 1.82) is 0 Å². The standard InChI is InChI=1S/C17H18ClNO5S/c1-3-24-15-7-5-4-6-13(15)11-19-25(21,22)16-10-12(17(20)23-2)8-9-14(16)18/h4-10,19H,3,11H2,1-2H3. The van der Waals surface area contributed by atoms with Crippen molar-refractivity contribution in [3.05, 3.63) is 58.6 Å². The Kier molecular flexibility index (Phi) is 6.41. The van der Waals surface area contributed by atoms with Gasteiger partial charge in [-0.2, -0.15) is 0 Å². The van der Waals surface area contributed by atoms with Crippen molar-refractivity contribution in [2.75, 3.05) is 13.7 Å². The average Bonchev–Trinajstić information content (AvgIpc) is 2.61.